The maximum Gasteiger partial charge on any atom is 0.339 e. The zero-order valence-corrected chi connectivity index (χ0v) is 11.3. The molecule has 0 aromatic heterocycles. The number of ether oxygens (including phenoxy) is 4. The standard InChI is InChI=1S/C11H11BrO6/c1-15-9-5(8(13)11(14)16-2)3-6-10(7(9)12)18-4-17-6/h3,8,13H,4H2,1-2H3. The molecule has 0 bridgehead atoms. The third-order valence-electron chi connectivity index (χ3n) is 2.51. The summed E-state index contributed by atoms with van der Waals surface area (Å²) in [6.07, 6.45) is -1.45. The van der Waals surface area contributed by atoms with Crippen LogP contribution in [0, 0.1) is 0 Å². The van der Waals surface area contributed by atoms with Gasteiger partial charge < -0.3 is 24.1 Å². The van der Waals surface area contributed by atoms with E-state index >= 15 is 0 Å². The number of methoxy groups -OCH3 is 2. The highest BCUT2D eigenvalue weighted by Crippen LogP contribution is 2.48. The van der Waals surface area contributed by atoms with Crippen LogP contribution in [-0.4, -0.2) is 32.1 Å². The van der Waals surface area contributed by atoms with E-state index in [-0.39, 0.29) is 12.4 Å². The smallest absolute Gasteiger partial charge is 0.339 e. The van der Waals surface area contributed by atoms with Crippen LogP contribution < -0.4 is 14.2 Å². The second kappa shape index (κ2) is 5.03. The quantitative estimate of drug-likeness (QED) is 0.849. The highest BCUT2D eigenvalue weighted by molar-refractivity contribution is 9.10. The maximum atomic E-state index is 11.4. The predicted molar refractivity (Wildman–Crippen MR) is 63.8 cm³/mol. The highest BCUT2D eigenvalue weighted by Gasteiger charge is 2.29. The van der Waals surface area contributed by atoms with Gasteiger partial charge in [0, 0.05) is 5.56 Å². The molecule has 1 aromatic rings. The summed E-state index contributed by atoms with van der Waals surface area (Å²) in [6.45, 7) is 0.0782. The first-order valence-corrected chi connectivity index (χ1v) is 5.81. The molecule has 98 valence electrons. The molecule has 0 aliphatic carbocycles. The number of benzene rings is 1. The molecule has 0 saturated heterocycles. The van der Waals surface area contributed by atoms with Gasteiger partial charge in [-0.1, -0.05) is 0 Å². The molecule has 1 aliphatic rings. The Hall–Kier alpha value is -1.47. The molecule has 0 spiro atoms. The van der Waals surface area contributed by atoms with Gasteiger partial charge in [-0.15, -0.1) is 0 Å². The van der Waals surface area contributed by atoms with Gasteiger partial charge in [0.05, 0.1) is 14.2 Å². The molecule has 0 saturated carbocycles. The Morgan fingerprint density at radius 1 is 1.50 bits per heavy atom. The van der Waals surface area contributed by atoms with E-state index in [1.54, 1.807) is 0 Å². The van der Waals surface area contributed by atoms with Crippen molar-refractivity contribution in [1.29, 1.82) is 0 Å². The Kier molecular flexibility index (Phi) is 3.63. The minimum Gasteiger partial charge on any atom is -0.495 e. The summed E-state index contributed by atoms with van der Waals surface area (Å²) in [5.41, 5.74) is 0.250. The lowest BCUT2D eigenvalue weighted by molar-refractivity contribution is -0.150. The number of aliphatic hydroxyl groups excluding tert-OH is 1. The Balaban J connectivity index is 2.53. The van der Waals surface area contributed by atoms with E-state index in [2.05, 4.69) is 20.7 Å². The Bertz CT molecular complexity index is 487. The van der Waals surface area contributed by atoms with E-state index in [9.17, 15) is 9.90 Å². The molecule has 1 aliphatic heterocycles. The lowest BCUT2D eigenvalue weighted by Crippen LogP contribution is -2.14. The molecular weight excluding hydrogens is 308 g/mol. The van der Waals surface area contributed by atoms with Crippen molar-refractivity contribution in [3.05, 3.63) is 16.1 Å². The average Bonchev–Trinajstić information content (AvgIpc) is 2.85. The molecule has 1 atom stereocenters. The Labute approximate surface area is 112 Å². The van der Waals surface area contributed by atoms with Gasteiger partial charge in [0.1, 0.15) is 10.2 Å². The zero-order chi connectivity index (χ0) is 13.3. The first kappa shape index (κ1) is 13.0. The SMILES string of the molecule is COC(=O)C(O)c1cc2c(c(Br)c1OC)OCO2. The summed E-state index contributed by atoms with van der Waals surface area (Å²) in [7, 11) is 2.62. The monoisotopic (exact) mass is 318 g/mol. The van der Waals surface area contributed by atoms with E-state index in [0.29, 0.717) is 21.7 Å². The molecule has 18 heavy (non-hydrogen) atoms. The van der Waals surface area contributed by atoms with Gasteiger partial charge in [0.15, 0.2) is 17.6 Å². The lowest BCUT2D eigenvalue weighted by atomic mass is 10.1. The van der Waals surface area contributed by atoms with Crippen LogP contribution in [-0.2, 0) is 9.53 Å². The second-order valence-electron chi connectivity index (χ2n) is 3.47. The van der Waals surface area contributed by atoms with Crippen molar-refractivity contribution in [3.63, 3.8) is 0 Å². The summed E-state index contributed by atoms with van der Waals surface area (Å²) >= 11 is 3.29. The van der Waals surface area contributed by atoms with Crippen LogP contribution >= 0.6 is 15.9 Å². The molecule has 2 rings (SSSR count). The van der Waals surface area contributed by atoms with E-state index in [0.717, 1.165) is 0 Å². The van der Waals surface area contributed by atoms with Crippen LogP contribution in [0.15, 0.2) is 10.5 Å². The van der Waals surface area contributed by atoms with Crippen LogP contribution in [0.4, 0.5) is 0 Å². The molecule has 1 aromatic carbocycles. The number of aliphatic hydroxyl groups is 1. The van der Waals surface area contributed by atoms with Gasteiger partial charge in [0.25, 0.3) is 0 Å². The summed E-state index contributed by atoms with van der Waals surface area (Å²) in [6, 6.07) is 1.49. The first-order valence-electron chi connectivity index (χ1n) is 5.02. The van der Waals surface area contributed by atoms with E-state index in [1.165, 1.54) is 20.3 Å². The van der Waals surface area contributed by atoms with Gasteiger partial charge in [0.2, 0.25) is 6.79 Å². The number of carbonyl (C=O) groups excluding carboxylic acids is 1. The van der Waals surface area contributed by atoms with Crippen LogP contribution in [0.5, 0.6) is 17.2 Å². The minimum absolute atomic E-state index is 0.0782. The van der Waals surface area contributed by atoms with Crippen LogP contribution in [0.1, 0.15) is 11.7 Å². The van der Waals surface area contributed by atoms with Gasteiger partial charge in [-0.2, -0.15) is 0 Å². The number of rotatable bonds is 3. The van der Waals surface area contributed by atoms with Crippen LogP contribution in [0.25, 0.3) is 0 Å². The normalized spacial score (nSPS) is 14.2. The molecule has 0 fully saturated rings. The zero-order valence-electron chi connectivity index (χ0n) is 9.73. The lowest BCUT2D eigenvalue weighted by Gasteiger charge is -2.15. The highest BCUT2D eigenvalue weighted by atomic mass is 79.9. The van der Waals surface area contributed by atoms with Crippen molar-refractivity contribution >= 4 is 21.9 Å². The van der Waals surface area contributed by atoms with E-state index in [4.69, 9.17) is 14.2 Å². The molecular formula is C11H11BrO6. The summed E-state index contributed by atoms with van der Waals surface area (Å²) in [4.78, 5) is 11.4. The number of halogens is 1. The van der Waals surface area contributed by atoms with Crippen molar-refractivity contribution in [3.8, 4) is 17.2 Å². The molecule has 1 N–H and O–H groups in total. The molecule has 7 heteroatoms. The minimum atomic E-state index is -1.45. The largest absolute Gasteiger partial charge is 0.495 e. The maximum absolute atomic E-state index is 11.4. The average molecular weight is 319 g/mol. The molecule has 0 amide bonds. The van der Waals surface area contributed by atoms with Crippen molar-refractivity contribution in [1.82, 2.24) is 0 Å². The van der Waals surface area contributed by atoms with Gasteiger partial charge in [-0.3, -0.25) is 0 Å². The summed E-state index contributed by atoms with van der Waals surface area (Å²) in [5, 5.41) is 9.88. The fraction of sp³-hybridized carbons (Fsp3) is 0.364. The second-order valence-corrected chi connectivity index (χ2v) is 4.27. The topological polar surface area (TPSA) is 74.2 Å². The van der Waals surface area contributed by atoms with Crippen LogP contribution in [0.2, 0.25) is 0 Å². The van der Waals surface area contributed by atoms with Crippen molar-refractivity contribution in [2.75, 3.05) is 21.0 Å². The Morgan fingerprint density at radius 2 is 2.22 bits per heavy atom. The third kappa shape index (κ3) is 1.99. The first-order chi connectivity index (χ1) is 8.60. The fourth-order valence-corrected chi connectivity index (χ4v) is 2.35. The number of hydrogen-bond acceptors (Lipinski definition) is 6. The van der Waals surface area contributed by atoms with Crippen molar-refractivity contribution in [2.45, 2.75) is 6.10 Å². The van der Waals surface area contributed by atoms with Crippen LogP contribution in [0.3, 0.4) is 0 Å². The van der Waals surface area contributed by atoms with Crippen molar-refractivity contribution in [2.24, 2.45) is 0 Å². The number of fused-ring (bicyclic) bond motifs is 1. The molecule has 6 nitrogen and oxygen atoms in total. The summed E-state index contributed by atoms with van der Waals surface area (Å²) in [5.74, 6) is 0.435. The number of carbonyl (C=O) groups is 1. The Morgan fingerprint density at radius 3 is 2.83 bits per heavy atom. The third-order valence-corrected chi connectivity index (χ3v) is 3.23. The van der Waals surface area contributed by atoms with Gasteiger partial charge >= 0.3 is 5.97 Å². The van der Waals surface area contributed by atoms with E-state index < -0.39 is 12.1 Å². The van der Waals surface area contributed by atoms with Gasteiger partial charge in [-0.25, -0.2) is 4.79 Å². The molecule has 0 radical (unpaired) electrons. The number of hydrogen-bond donors (Lipinski definition) is 1. The molecule has 1 heterocycles. The summed E-state index contributed by atoms with van der Waals surface area (Å²) < 4.78 is 20.6. The van der Waals surface area contributed by atoms with E-state index in [1.807, 2.05) is 0 Å². The fourth-order valence-electron chi connectivity index (χ4n) is 1.65. The van der Waals surface area contributed by atoms with Gasteiger partial charge in [-0.05, 0) is 22.0 Å². The number of esters is 1. The van der Waals surface area contributed by atoms with Crippen molar-refractivity contribution < 1.29 is 28.8 Å². The predicted octanol–water partition coefficient (Wildman–Crippen LogP) is 1.39. The molecule has 1 unspecified atom stereocenters.